The summed E-state index contributed by atoms with van der Waals surface area (Å²) >= 11 is 3.33. The molecule has 0 aliphatic carbocycles. The summed E-state index contributed by atoms with van der Waals surface area (Å²) in [6.07, 6.45) is 0.779. The second kappa shape index (κ2) is 8.09. The van der Waals surface area contributed by atoms with Gasteiger partial charge >= 0.3 is 0 Å². The van der Waals surface area contributed by atoms with Crippen LogP contribution in [0.25, 0.3) is 0 Å². The smallest absolute Gasteiger partial charge is 0.241 e. The third kappa shape index (κ3) is 5.49. The highest BCUT2D eigenvalue weighted by atomic mass is 79.9. The van der Waals surface area contributed by atoms with Gasteiger partial charge in [0, 0.05) is 17.6 Å². The van der Waals surface area contributed by atoms with Crippen molar-refractivity contribution in [3.8, 4) is 0 Å². The average Bonchev–Trinajstić information content (AvgIpc) is 2.34. The lowest BCUT2D eigenvalue weighted by atomic mass is 10.2. The molecule has 0 fully saturated rings. The summed E-state index contributed by atoms with van der Waals surface area (Å²) in [5, 5.41) is 3.03. The molecule has 2 N–H and O–H groups in total. The Labute approximate surface area is 129 Å². The number of hydrogen-bond acceptors (Lipinski definition) is 4. The first-order valence-electron chi connectivity index (χ1n) is 6.44. The molecule has 0 radical (unpaired) electrons. The number of rotatable bonds is 8. The van der Waals surface area contributed by atoms with E-state index in [1.807, 2.05) is 38.2 Å². The minimum Gasteiger partial charge on any atom is -0.316 e. The van der Waals surface area contributed by atoms with Gasteiger partial charge in [0.05, 0.1) is 4.90 Å². The Balaban J connectivity index is 2.72. The van der Waals surface area contributed by atoms with E-state index in [1.54, 1.807) is 6.07 Å². The van der Waals surface area contributed by atoms with Crippen LogP contribution in [-0.4, -0.2) is 47.6 Å². The highest BCUT2D eigenvalue weighted by Crippen LogP contribution is 2.23. The van der Waals surface area contributed by atoms with Crippen molar-refractivity contribution in [2.75, 3.05) is 34.2 Å². The lowest BCUT2D eigenvalue weighted by molar-refractivity contribution is 0.400. The lowest BCUT2D eigenvalue weighted by Crippen LogP contribution is -2.27. The van der Waals surface area contributed by atoms with E-state index in [2.05, 4.69) is 26.0 Å². The molecule has 0 saturated carbocycles. The van der Waals surface area contributed by atoms with Gasteiger partial charge in [0.15, 0.2) is 0 Å². The fourth-order valence-corrected chi connectivity index (χ4v) is 3.95. The molecule has 0 aromatic heterocycles. The Morgan fingerprint density at radius 3 is 2.55 bits per heavy atom. The molecule has 1 rings (SSSR count). The maximum Gasteiger partial charge on any atom is 0.241 e. The summed E-state index contributed by atoms with van der Waals surface area (Å²) in [7, 11) is 2.32. The zero-order valence-corrected chi connectivity index (χ0v) is 14.5. The fraction of sp³-hybridized carbons (Fsp3) is 0.538. The van der Waals surface area contributed by atoms with Crippen LogP contribution in [0.1, 0.15) is 12.0 Å². The van der Waals surface area contributed by atoms with Gasteiger partial charge in [-0.05, 0) is 67.7 Å². The minimum atomic E-state index is -3.46. The Bertz CT molecular complexity index is 532. The second-order valence-corrected chi connectivity index (χ2v) is 7.44. The van der Waals surface area contributed by atoms with Crippen LogP contribution in [0.15, 0.2) is 27.6 Å². The number of sulfonamides is 1. The van der Waals surface area contributed by atoms with Crippen molar-refractivity contribution >= 4 is 26.0 Å². The number of nitrogens with zero attached hydrogens (tertiary/aromatic N) is 1. The van der Waals surface area contributed by atoms with Crippen LogP contribution in [0.2, 0.25) is 0 Å². The SMILES string of the molecule is CNCc1ccc(S(=O)(=O)NCCCN(C)C)c(Br)c1. The van der Waals surface area contributed by atoms with E-state index in [-0.39, 0.29) is 4.90 Å². The molecule has 1 aromatic rings. The Morgan fingerprint density at radius 1 is 1.30 bits per heavy atom. The van der Waals surface area contributed by atoms with Gasteiger partial charge in [0.25, 0.3) is 0 Å². The number of halogens is 1. The molecule has 0 atom stereocenters. The van der Waals surface area contributed by atoms with E-state index in [0.29, 0.717) is 17.6 Å². The van der Waals surface area contributed by atoms with Crippen molar-refractivity contribution in [3.05, 3.63) is 28.2 Å². The van der Waals surface area contributed by atoms with Crippen molar-refractivity contribution in [1.82, 2.24) is 14.9 Å². The van der Waals surface area contributed by atoms with Crippen molar-refractivity contribution in [2.45, 2.75) is 17.9 Å². The molecule has 1 aromatic carbocycles. The van der Waals surface area contributed by atoms with Gasteiger partial charge in [-0.3, -0.25) is 0 Å². The molecule has 20 heavy (non-hydrogen) atoms. The summed E-state index contributed by atoms with van der Waals surface area (Å²) in [5.74, 6) is 0. The van der Waals surface area contributed by atoms with E-state index >= 15 is 0 Å². The van der Waals surface area contributed by atoms with E-state index in [0.717, 1.165) is 18.5 Å². The minimum absolute atomic E-state index is 0.280. The average molecular weight is 364 g/mol. The molecule has 0 aliphatic heterocycles. The maximum absolute atomic E-state index is 12.2. The van der Waals surface area contributed by atoms with Gasteiger partial charge in [0.1, 0.15) is 0 Å². The highest BCUT2D eigenvalue weighted by Gasteiger charge is 2.17. The Morgan fingerprint density at radius 2 is 2.00 bits per heavy atom. The molecule has 5 nitrogen and oxygen atoms in total. The van der Waals surface area contributed by atoms with Gasteiger partial charge in [-0.25, -0.2) is 13.1 Å². The van der Waals surface area contributed by atoms with Crippen molar-refractivity contribution < 1.29 is 8.42 Å². The molecule has 0 heterocycles. The summed E-state index contributed by atoms with van der Waals surface area (Å²) in [6, 6.07) is 5.27. The molecule has 0 amide bonds. The molecule has 0 spiro atoms. The third-order valence-corrected chi connectivity index (χ3v) is 5.18. The van der Waals surface area contributed by atoms with Gasteiger partial charge in [0.2, 0.25) is 10.0 Å². The molecular formula is C13H22BrN3O2S. The fourth-order valence-electron chi connectivity index (χ4n) is 1.76. The predicted octanol–water partition coefficient (Wildman–Crippen LogP) is 1.40. The first-order chi connectivity index (χ1) is 9.36. The van der Waals surface area contributed by atoms with E-state index in [1.165, 1.54) is 0 Å². The van der Waals surface area contributed by atoms with Crippen LogP contribution < -0.4 is 10.0 Å². The molecular weight excluding hydrogens is 342 g/mol. The topological polar surface area (TPSA) is 61.4 Å². The molecule has 0 saturated heterocycles. The van der Waals surface area contributed by atoms with Gasteiger partial charge < -0.3 is 10.2 Å². The van der Waals surface area contributed by atoms with E-state index < -0.39 is 10.0 Å². The Hall–Kier alpha value is -0.470. The number of hydrogen-bond donors (Lipinski definition) is 2. The first kappa shape index (κ1) is 17.6. The van der Waals surface area contributed by atoms with Crippen LogP contribution in [0, 0.1) is 0 Å². The highest BCUT2D eigenvalue weighted by molar-refractivity contribution is 9.10. The molecule has 0 unspecified atom stereocenters. The van der Waals surface area contributed by atoms with Crippen LogP contribution in [0.5, 0.6) is 0 Å². The van der Waals surface area contributed by atoms with Crippen LogP contribution >= 0.6 is 15.9 Å². The van der Waals surface area contributed by atoms with Crippen LogP contribution in [-0.2, 0) is 16.6 Å². The summed E-state index contributed by atoms with van der Waals surface area (Å²) < 4.78 is 27.6. The zero-order valence-electron chi connectivity index (χ0n) is 12.1. The quantitative estimate of drug-likeness (QED) is 0.685. The standard InChI is InChI=1S/C13H22BrN3O2S/c1-15-10-11-5-6-13(12(14)9-11)20(18,19)16-7-4-8-17(2)3/h5-6,9,15-16H,4,7-8,10H2,1-3H3. The van der Waals surface area contributed by atoms with Crippen molar-refractivity contribution in [3.63, 3.8) is 0 Å². The second-order valence-electron chi connectivity index (χ2n) is 4.85. The first-order valence-corrected chi connectivity index (χ1v) is 8.72. The molecule has 0 aliphatic rings. The van der Waals surface area contributed by atoms with Gasteiger partial charge in [-0.2, -0.15) is 0 Å². The summed E-state index contributed by atoms with van der Waals surface area (Å²) in [5.41, 5.74) is 1.03. The monoisotopic (exact) mass is 363 g/mol. The normalized spacial score (nSPS) is 12.1. The third-order valence-electron chi connectivity index (χ3n) is 2.74. The zero-order chi connectivity index (χ0) is 15.2. The molecule has 0 bridgehead atoms. The molecule has 114 valence electrons. The largest absolute Gasteiger partial charge is 0.316 e. The van der Waals surface area contributed by atoms with Crippen molar-refractivity contribution in [1.29, 1.82) is 0 Å². The maximum atomic E-state index is 12.2. The number of benzene rings is 1. The van der Waals surface area contributed by atoms with E-state index in [4.69, 9.17) is 0 Å². The van der Waals surface area contributed by atoms with E-state index in [9.17, 15) is 8.42 Å². The van der Waals surface area contributed by atoms with Gasteiger partial charge in [-0.1, -0.05) is 6.07 Å². The van der Waals surface area contributed by atoms with Crippen LogP contribution in [0.4, 0.5) is 0 Å². The lowest BCUT2D eigenvalue weighted by Gasteiger charge is -2.12. The molecule has 7 heteroatoms. The summed E-state index contributed by atoms with van der Waals surface area (Å²) in [4.78, 5) is 2.30. The van der Waals surface area contributed by atoms with Crippen LogP contribution in [0.3, 0.4) is 0 Å². The van der Waals surface area contributed by atoms with Crippen molar-refractivity contribution in [2.24, 2.45) is 0 Å². The predicted molar refractivity (Wildman–Crippen MR) is 85.3 cm³/mol. The van der Waals surface area contributed by atoms with Gasteiger partial charge in [-0.15, -0.1) is 0 Å². The summed E-state index contributed by atoms with van der Waals surface area (Å²) in [6.45, 7) is 1.99. The number of nitrogens with one attached hydrogen (secondary N) is 2. The Kier molecular flexibility index (Phi) is 7.11.